The molecule has 1 unspecified atom stereocenters. The predicted octanol–water partition coefficient (Wildman–Crippen LogP) is 4.79. The molecule has 1 aliphatic rings. The first-order chi connectivity index (χ1) is 12.5. The van der Waals surface area contributed by atoms with Crippen LogP contribution < -0.4 is 10.1 Å². The summed E-state index contributed by atoms with van der Waals surface area (Å²) in [6.07, 6.45) is 0.757. The summed E-state index contributed by atoms with van der Waals surface area (Å²) < 4.78 is 5.71. The van der Waals surface area contributed by atoms with Crippen molar-refractivity contribution in [2.75, 3.05) is 18.5 Å². The summed E-state index contributed by atoms with van der Waals surface area (Å²) in [4.78, 5) is 15.0. The Morgan fingerprint density at radius 1 is 1.15 bits per heavy atom. The highest BCUT2D eigenvalue weighted by atomic mass is 16.5. The Kier molecular flexibility index (Phi) is 5.03. The van der Waals surface area contributed by atoms with Crippen LogP contribution in [0.3, 0.4) is 0 Å². The van der Waals surface area contributed by atoms with E-state index < -0.39 is 5.66 Å². The molecule has 0 radical (unpaired) electrons. The largest absolute Gasteiger partial charge is 0.489 e. The van der Waals surface area contributed by atoms with Crippen LogP contribution in [0.4, 0.5) is 5.69 Å². The zero-order valence-corrected chi connectivity index (χ0v) is 15.7. The molecule has 1 N–H and O–H groups in total. The van der Waals surface area contributed by atoms with Gasteiger partial charge < -0.3 is 15.0 Å². The van der Waals surface area contributed by atoms with E-state index in [1.807, 2.05) is 67.3 Å². The van der Waals surface area contributed by atoms with E-state index in [0.717, 1.165) is 34.6 Å². The lowest BCUT2D eigenvalue weighted by Crippen LogP contribution is -2.57. The number of hydrogen-bond donors (Lipinski definition) is 1. The highest BCUT2D eigenvalue weighted by Gasteiger charge is 2.43. The Morgan fingerprint density at radius 2 is 1.85 bits per heavy atom. The zero-order valence-electron chi connectivity index (χ0n) is 15.7. The third kappa shape index (κ3) is 3.07. The minimum atomic E-state index is -0.562. The quantitative estimate of drug-likeness (QED) is 0.762. The molecule has 2 aromatic rings. The van der Waals surface area contributed by atoms with Gasteiger partial charge in [0.25, 0.3) is 5.91 Å². The van der Waals surface area contributed by atoms with Crippen molar-refractivity contribution in [3.05, 3.63) is 71.8 Å². The number of ether oxygens (including phenoxy) is 1. The Morgan fingerprint density at radius 3 is 2.46 bits per heavy atom. The average Bonchev–Trinajstić information content (AvgIpc) is 2.66. The molecule has 0 saturated carbocycles. The van der Waals surface area contributed by atoms with Crippen molar-refractivity contribution in [3.8, 4) is 5.75 Å². The van der Waals surface area contributed by atoms with E-state index in [0.29, 0.717) is 13.2 Å². The van der Waals surface area contributed by atoms with Gasteiger partial charge in [-0.05, 0) is 55.7 Å². The highest BCUT2D eigenvalue weighted by Crippen LogP contribution is 2.40. The van der Waals surface area contributed by atoms with Gasteiger partial charge in [0, 0.05) is 12.2 Å². The van der Waals surface area contributed by atoms with Crippen molar-refractivity contribution in [2.45, 2.75) is 32.9 Å². The predicted molar refractivity (Wildman–Crippen MR) is 105 cm³/mol. The van der Waals surface area contributed by atoms with E-state index in [4.69, 9.17) is 4.74 Å². The minimum absolute atomic E-state index is 0.0614. The first kappa shape index (κ1) is 18.1. The number of hydrogen-bond acceptors (Lipinski definition) is 3. The molecule has 0 aliphatic carbocycles. The van der Waals surface area contributed by atoms with Crippen LogP contribution in [0, 0.1) is 0 Å². The fourth-order valence-corrected chi connectivity index (χ4v) is 3.55. The van der Waals surface area contributed by atoms with Crippen LogP contribution in [0.25, 0.3) is 0 Å². The fourth-order valence-electron chi connectivity index (χ4n) is 3.55. The van der Waals surface area contributed by atoms with Gasteiger partial charge in [-0.3, -0.25) is 4.79 Å². The van der Waals surface area contributed by atoms with Gasteiger partial charge in [0.15, 0.2) is 0 Å². The van der Waals surface area contributed by atoms with Crippen LogP contribution in [0.15, 0.2) is 60.7 Å². The zero-order chi connectivity index (χ0) is 18.7. The first-order valence-corrected chi connectivity index (χ1v) is 9.08. The van der Waals surface area contributed by atoms with Crippen LogP contribution in [0.1, 0.15) is 43.1 Å². The number of carbonyl (C=O) groups excluding carboxylic acids is 1. The summed E-state index contributed by atoms with van der Waals surface area (Å²) in [6.45, 7) is 11.0. The van der Waals surface area contributed by atoms with E-state index in [2.05, 4.69) is 18.8 Å². The molecule has 1 heterocycles. The third-order valence-corrected chi connectivity index (χ3v) is 4.85. The Bertz CT molecular complexity index is 813. The second-order valence-corrected chi connectivity index (χ2v) is 6.70. The molecule has 0 saturated heterocycles. The number of benzene rings is 2. The van der Waals surface area contributed by atoms with E-state index in [-0.39, 0.29) is 5.91 Å². The van der Waals surface area contributed by atoms with Crippen molar-refractivity contribution in [3.63, 3.8) is 0 Å². The minimum Gasteiger partial charge on any atom is -0.489 e. The summed E-state index contributed by atoms with van der Waals surface area (Å²) >= 11 is 0. The molecule has 1 aliphatic heterocycles. The summed E-state index contributed by atoms with van der Waals surface area (Å²) in [7, 11) is 0. The normalized spacial score (nSPS) is 18.9. The van der Waals surface area contributed by atoms with Gasteiger partial charge in [0.1, 0.15) is 18.0 Å². The molecule has 0 fully saturated rings. The maximum Gasteiger partial charge on any atom is 0.258 e. The molecule has 4 heteroatoms. The summed E-state index contributed by atoms with van der Waals surface area (Å²) in [5.74, 6) is 0.861. The van der Waals surface area contributed by atoms with Crippen molar-refractivity contribution >= 4 is 11.6 Å². The molecular formula is C22H26N2O2. The number of nitrogens with one attached hydrogen (secondary N) is 1. The van der Waals surface area contributed by atoms with Crippen LogP contribution in [0.2, 0.25) is 0 Å². The molecule has 136 valence electrons. The van der Waals surface area contributed by atoms with Gasteiger partial charge in [0.2, 0.25) is 0 Å². The van der Waals surface area contributed by atoms with Crippen LogP contribution in [-0.2, 0) is 5.66 Å². The first-order valence-electron chi connectivity index (χ1n) is 9.08. The molecule has 4 nitrogen and oxygen atoms in total. The van der Waals surface area contributed by atoms with E-state index in [1.165, 1.54) is 0 Å². The van der Waals surface area contributed by atoms with Crippen molar-refractivity contribution in [2.24, 2.45) is 0 Å². The molecule has 0 spiro atoms. The molecular weight excluding hydrogens is 324 g/mol. The number of rotatable bonds is 6. The fraction of sp³-hybridized carbons (Fsp3) is 0.318. The Balaban J connectivity index is 1.99. The smallest absolute Gasteiger partial charge is 0.258 e. The lowest BCUT2D eigenvalue weighted by atomic mass is 9.89. The summed E-state index contributed by atoms with van der Waals surface area (Å²) in [6, 6.07) is 15.7. The highest BCUT2D eigenvalue weighted by molar-refractivity contribution is 6.02. The molecule has 2 aromatic carbocycles. The van der Waals surface area contributed by atoms with E-state index >= 15 is 0 Å². The second-order valence-electron chi connectivity index (χ2n) is 6.70. The second kappa shape index (κ2) is 7.24. The standard InChI is InChI=1S/C22H26N2O2/c1-5-22(17-11-13-18(14-12-17)26-15-16(3)4)23-20-10-8-7-9-19(20)21(25)24(22)6-2/h7-14,23H,3,5-6,15H2,1-2,4H3. The number of para-hydroxylation sites is 1. The SMILES string of the molecule is C=C(C)COc1ccc(C2(CC)Nc3ccccc3C(=O)N2CC)cc1. The molecule has 3 rings (SSSR count). The number of amides is 1. The van der Waals surface area contributed by atoms with Crippen LogP contribution in [0.5, 0.6) is 5.75 Å². The number of fused-ring (bicyclic) bond motifs is 1. The monoisotopic (exact) mass is 350 g/mol. The lowest BCUT2D eigenvalue weighted by molar-refractivity contribution is 0.0503. The van der Waals surface area contributed by atoms with Crippen molar-refractivity contribution < 1.29 is 9.53 Å². The van der Waals surface area contributed by atoms with Gasteiger partial charge in [-0.2, -0.15) is 0 Å². The van der Waals surface area contributed by atoms with E-state index in [9.17, 15) is 4.79 Å². The third-order valence-electron chi connectivity index (χ3n) is 4.85. The van der Waals surface area contributed by atoms with Crippen molar-refractivity contribution in [1.29, 1.82) is 0 Å². The van der Waals surface area contributed by atoms with Gasteiger partial charge in [-0.15, -0.1) is 0 Å². The number of carbonyl (C=O) groups is 1. The van der Waals surface area contributed by atoms with Crippen LogP contribution in [-0.4, -0.2) is 24.0 Å². The maximum atomic E-state index is 13.1. The molecule has 1 amide bonds. The Labute approximate surface area is 155 Å². The molecule has 26 heavy (non-hydrogen) atoms. The van der Waals surface area contributed by atoms with Gasteiger partial charge >= 0.3 is 0 Å². The van der Waals surface area contributed by atoms with Gasteiger partial charge in [0.05, 0.1) is 5.56 Å². The van der Waals surface area contributed by atoms with E-state index in [1.54, 1.807) is 0 Å². The van der Waals surface area contributed by atoms with Gasteiger partial charge in [-0.1, -0.05) is 37.8 Å². The molecule has 0 aromatic heterocycles. The lowest BCUT2D eigenvalue weighted by Gasteiger charge is -2.48. The summed E-state index contributed by atoms with van der Waals surface area (Å²) in [5, 5.41) is 3.63. The molecule has 1 atom stereocenters. The van der Waals surface area contributed by atoms with Gasteiger partial charge in [-0.25, -0.2) is 0 Å². The van der Waals surface area contributed by atoms with Crippen molar-refractivity contribution in [1.82, 2.24) is 4.90 Å². The number of nitrogens with zero attached hydrogens (tertiary/aromatic N) is 1. The number of anilines is 1. The average molecular weight is 350 g/mol. The molecule has 0 bridgehead atoms. The topological polar surface area (TPSA) is 41.6 Å². The Hall–Kier alpha value is -2.75. The van der Waals surface area contributed by atoms with Crippen LogP contribution >= 0.6 is 0 Å². The maximum absolute atomic E-state index is 13.1. The summed E-state index contributed by atoms with van der Waals surface area (Å²) in [5.41, 5.74) is 3.07.